The van der Waals surface area contributed by atoms with Crippen molar-refractivity contribution in [3.63, 3.8) is 0 Å². The van der Waals surface area contributed by atoms with Gasteiger partial charge in [-0.3, -0.25) is 10.00 Å². The smallest absolute Gasteiger partial charge is 0.320 e. The molecule has 6 nitrogen and oxygen atoms in total. The predicted molar refractivity (Wildman–Crippen MR) is 62.5 cm³/mol. The van der Waals surface area contributed by atoms with Crippen LogP contribution in [0.5, 0.6) is 0 Å². The van der Waals surface area contributed by atoms with Gasteiger partial charge in [0, 0.05) is 13.1 Å². The maximum atomic E-state index is 11.6. The zero-order chi connectivity index (χ0) is 12.3. The van der Waals surface area contributed by atoms with E-state index in [1.807, 2.05) is 6.92 Å². The van der Waals surface area contributed by atoms with Crippen molar-refractivity contribution in [2.45, 2.75) is 13.5 Å². The maximum Gasteiger partial charge on any atom is 0.320 e. The second-order valence-corrected chi connectivity index (χ2v) is 3.68. The van der Waals surface area contributed by atoms with Crippen LogP contribution < -0.4 is 10.6 Å². The van der Waals surface area contributed by atoms with E-state index in [-0.39, 0.29) is 6.03 Å². The summed E-state index contributed by atoms with van der Waals surface area (Å²) in [7, 11) is 1.77. The molecule has 0 radical (unpaired) electrons. The highest BCUT2D eigenvalue weighted by Crippen LogP contribution is 2.07. The number of anilines is 1. The minimum Gasteiger partial charge on any atom is -0.467 e. The molecular formula is C11H14N4O2. The Morgan fingerprint density at radius 2 is 2.41 bits per heavy atom. The standard InChI is InChI=1S/C11H14N4O2/c1-8-6-10(15(2)14-8)13-11(16)12-7-9-4-3-5-17-9/h3-6H,7H2,1-2H3,(H2,12,13,16). The zero-order valence-electron chi connectivity index (χ0n) is 9.73. The molecule has 2 amide bonds. The van der Waals surface area contributed by atoms with E-state index in [1.165, 1.54) is 0 Å². The first-order valence-corrected chi connectivity index (χ1v) is 5.23. The van der Waals surface area contributed by atoms with Crippen LogP contribution in [0.1, 0.15) is 11.5 Å². The van der Waals surface area contributed by atoms with Gasteiger partial charge in [0.1, 0.15) is 11.6 Å². The average molecular weight is 234 g/mol. The highest BCUT2D eigenvalue weighted by Gasteiger charge is 2.06. The average Bonchev–Trinajstić information content (AvgIpc) is 2.87. The van der Waals surface area contributed by atoms with Crippen LogP contribution in [0, 0.1) is 6.92 Å². The van der Waals surface area contributed by atoms with Crippen molar-refractivity contribution in [2.24, 2.45) is 7.05 Å². The molecule has 2 N–H and O–H groups in total. The highest BCUT2D eigenvalue weighted by molar-refractivity contribution is 5.88. The molecule has 0 aliphatic carbocycles. The molecule has 0 fully saturated rings. The molecule has 2 aromatic rings. The second kappa shape index (κ2) is 4.73. The lowest BCUT2D eigenvalue weighted by molar-refractivity contribution is 0.250. The molecule has 6 heteroatoms. The van der Waals surface area contributed by atoms with E-state index in [9.17, 15) is 4.79 Å². The topological polar surface area (TPSA) is 72.1 Å². The number of amides is 2. The van der Waals surface area contributed by atoms with Crippen LogP contribution in [0.4, 0.5) is 10.6 Å². The Morgan fingerprint density at radius 1 is 1.59 bits per heavy atom. The van der Waals surface area contributed by atoms with Crippen molar-refractivity contribution in [1.29, 1.82) is 0 Å². The largest absolute Gasteiger partial charge is 0.467 e. The molecule has 90 valence electrons. The van der Waals surface area contributed by atoms with Gasteiger partial charge in [-0.15, -0.1) is 0 Å². The summed E-state index contributed by atoms with van der Waals surface area (Å²) in [5.41, 5.74) is 0.855. The normalized spacial score (nSPS) is 10.2. The van der Waals surface area contributed by atoms with Crippen molar-refractivity contribution < 1.29 is 9.21 Å². The Morgan fingerprint density at radius 3 is 3.00 bits per heavy atom. The summed E-state index contributed by atoms with van der Waals surface area (Å²) in [5.74, 6) is 1.36. The van der Waals surface area contributed by atoms with Gasteiger partial charge in [-0.05, 0) is 19.1 Å². The first-order valence-electron chi connectivity index (χ1n) is 5.23. The van der Waals surface area contributed by atoms with Gasteiger partial charge in [0.15, 0.2) is 0 Å². The van der Waals surface area contributed by atoms with Gasteiger partial charge in [0.2, 0.25) is 0 Å². The monoisotopic (exact) mass is 234 g/mol. The fraction of sp³-hybridized carbons (Fsp3) is 0.273. The van der Waals surface area contributed by atoms with Crippen molar-refractivity contribution in [1.82, 2.24) is 15.1 Å². The fourth-order valence-electron chi connectivity index (χ4n) is 1.47. The third kappa shape index (κ3) is 2.87. The van der Waals surface area contributed by atoms with Crippen LogP contribution in [0.25, 0.3) is 0 Å². The number of aryl methyl sites for hydroxylation is 2. The lowest BCUT2D eigenvalue weighted by atomic mass is 10.4. The van der Waals surface area contributed by atoms with E-state index in [2.05, 4.69) is 15.7 Å². The van der Waals surface area contributed by atoms with Gasteiger partial charge >= 0.3 is 6.03 Å². The number of nitrogens with one attached hydrogen (secondary N) is 2. The van der Waals surface area contributed by atoms with Crippen LogP contribution >= 0.6 is 0 Å². The second-order valence-electron chi connectivity index (χ2n) is 3.68. The molecular weight excluding hydrogens is 220 g/mol. The first-order chi connectivity index (χ1) is 8.15. The number of nitrogens with zero attached hydrogens (tertiary/aromatic N) is 2. The molecule has 0 saturated heterocycles. The molecule has 0 aromatic carbocycles. The first kappa shape index (κ1) is 11.3. The molecule has 2 rings (SSSR count). The van der Waals surface area contributed by atoms with E-state index in [4.69, 9.17) is 4.42 Å². The van der Waals surface area contributed by atoms with E-state index in [0.717, 1.165) is 5.69 Å². The van der Waals surface area contributed by atoms with Gasteiger partial charge in [-0.25, -0.2) is 4.79 Å². The van der Waals surface area contributed by atoms with Gasteiger partial charge in [0.05, 0.1) is 18.5 Å². The third-order valence-corrected chi connectivity index (χ3v) is 2.25. The lowest BCUT2D eigenvalue weighted by Crippen LogP contribution is -2.28. The number of rotatable bonds is 3. The Balaban J connectivity index is 1.87. The number of carbonyl (C=O) groups excluding carboxylic acids is 1. The quantitative estimate of drug-likeness (QED) is 0.848. The highest BCUT2D eigenvalue weighted by atomic mass is 16.3. The molecule has 0 bridgehead atoms. The summed E-state index contributed by atoms with van der Waals surface area (Å²) < 4.78 is 6.71. The Hall–Kier alpha value is -2.24. The molecule has 0 saturated carbocycles. The summed E-state index contributed by atoms with van der Waals surface area (Å²) in [6.07, 6.45) is 1.57. The zero-order valence-corrected chi connectivity index (χ0v) is 9.73. The Bertz CT molecular complexity index is 502. The summed E-state index contributed by atoms with van der Waals surface area (Å²) in [5, 5.41) is 9.52. The van der Waals surface area contributed by atoms with Crippen LogP contribution in [0.15, 0.2) is 28.9 Å². The van der Waals surface area contributed by atoms with Crippen LogP contribution in [-0.4, -0.2) is 15.8 Å². The van der Waals surface area contributed by atoms with Crippen LogP contribution in [-0.2, 0) is 13.6 Å². The van der Waals surface area contributed by atoms with Gasteiger partial charge < -0.3 is 9.73 Å². The van der Waals surface area contributed by atoms with E-state index in [0.29, 0.717) is 18.1 Å². The fourth-order valence-corrected chi connectivity index (χ4v) is 1.47. The number of furan rings is 1. The molecule has 2 aromatic heterocycles. The number of aromatic nitrogens is 2. The van der Waals surface area contributed by atoms with Crippen molar-refractivity contribution >= 4 is 11.8 Å². The van der Waals surface area contributed by atoms with Gasteiger partial charge in [-0.1, -0.05) is 0 Å². The van der Waals surface area contributed by atoms with Gasteiger partial charge in [0.25, 0.3) is 0 Å². The number of carbonyl (C=O) groups is 1. The molecule has 0 aliphatic rings. The summed E-state index contributed by atoms with van der Waals surface area (Å²) >= 11 is 0. The van der Waals surface area contributed by atoms with Crippen LogP contribution in [0.3, 0.4) is 0 Å². The molecule has 0 unspecified atom stereocenters. The minimum atomic E-state index is -0.288. The predicted octanol–water partition coefficient (Wildman–Crippen LogP) is 1.64. The maximum absolute atomic E-state index is 11.6. The van der Waals surface area contributed by atoms with Crippen molar-refractivity contribution in [3.8, 4) is 0 Å². The van der Waals surface area contributed by atoms with Crippen LogP contribution in [0.2, 0.25) is 0 Å². The Labute approximate surface area is 98.6 Å². The number of hydrogen-bond acceptors (Lipinski definition) is 3. The van der Waals surface area contributed by atoms with E-state index in [1.54, 1.807) is 36.2 Å². The molecule has 2 heterocycles. The Kier molecular flexibility index (Phi) is 3.13. The summed E-state index contributed by atoms with van der Waals surface area (Å²) in [6.45, 7) is 2.22. The van der Waals surface area contributed by atoms with E-state index >= 15 is 0 Å². The lowest BCUT2D eigenvalue weighted by Gasteiger charge is -2.05. The SMILES string of the molecule is Cc1cc(NC(=O)NCc2ccco2)n(C)n1. The van der Waals surface area contributed by atoms with E-state index < -0.39 is 0 Å². The molecule has 0 spiro atoms. The minimum absolute atomic E-state index is 0.288. The molecule has 17 heavy (non-hydrogen) atoms. The van der Waals surface area contributed by atoms with Gasteiger partial charge in [-0.2, -0.15) is 5.10 Å². The molecule has 0 atom stereocenters. The molecule has 0 aliphatic heterocycles. The summed E-state index contributed by atoms with van der Waals surface area (Å²) in [6, 6.07) is 5.09. The third-order valence-electron chi connectivity index (χ3n) is 2.25. The van der Waals surface area contributed by atoms with Crippen molar-refractivity contribution in [2.75, 3.05) is 5.32 Å². The number of hydrogen-bond donors (Lipinski definition) is 2. The van der Waals surface area contributed by atoms with Crippen molar-refractivity contribution in [3.05, 3.63) is 35.9 Å². The summed E-state index contributed by atoms with van der Waals surface area (Å²) in [4.78, 5) is 11.6. The number of urea groups is 1.